The number of benzene rings is 2. The molecule has 4 rings (SSSR count). The fourth-order valence-electron chi connectivity index (χ4n) is 4.30. The molecule has 0 heterocycles. The third kappa shape index (κ3) is 3.07. The molecule has 3 N–H and O–H groups in total. The standard InChI is InChI=1S/C25H27N3/c1-4-28(5-2)20-11-13-22-18(15-20)14-17-8-6-7-9-21(17)25(22)23-12-10-19(26)16-24(23)27-3/h6-13,15-16H,4-5,14H2,1-3H3,(H2,26,27)/p+1. The van der Waals surface area contributed by atoms with E-state index in [1.807, 2.05) is 19.2 Å². The molecule has 0 saturated heterocycles. The quantitative estimate of drug-likeness (QED) is 0.607. The van der Waals surface area contributed by atoms with Crippen LogP contribution in [-0.4, -0.2) is 30.4 Å². The second-order valence-electron chi connectivity index (χ2n) is 7.28. The van der Waals surface area contributed by atoms with Gasteiger partial charge in [-0.3, -0.25) is 0 Å². The smallest absolute Gasteiger partial charge is 0.200 e. The summed E-state index contributed by atoms with van der Waals surface area (Å²) in [7, 11) is 1.96. The molecular weight excluding hydrogens is 342 g/mol. The number of rotatable bonds is 4. The Morgan fingerprint density at radius 2 is 1.79 bits per heavy atom. The molecule has 0 spiro atoms. The lowest BCUT2D eigenvalue weighted by atomic mass is 9.77. The van der Waals surface area contributed by atoms with Crippen LogP contribution in [0, 0.1) is 0 Å². The largest absolute Gasteiger partial charge is 0.399 e. The van der Waals surface area contributed by atoms with E-state index in [4.69, 9.17) is 5.73 Å². The van der Waals surface area contributed by atoms with Crippen LogP contribution >= 0.6 is 0 Å². The van der Waals surface area contributed by atoms with Gasteiger partial charge in [-0.2, -0.15) is 0 Å². The van der Waals surface area contributed by atoms with Crippen LogP contribution in [0.15, 0.2) is 71.8 Å². The zero-order valence-corrected chi connectivity index (χ0v) is 16.9. The summed E-state index contributed by atoms with van der Waals surface area (Å²) in [4.78, 5) is 0. The van der Waals surface area contributed by atoms with Crippen molar-refractivity contribution in [1.82, 2.24) is 0 Å². The minimum Gasteiger partial charge on any atom is -0.399 e. The average Bonchev–Trinajstić information content (AvgIpc) is 2.73. The van der Waals surface area contributed by atoms with Gasteiger partial charge in [-0.05, 0) is 66.3 Å². The number of nitrogens with one attached hydrogen (secondary N) is 1. The van der Waals surface area contributed by atoms with E-state index >= 15 is 0 Å². The number of hydrogen-bond acceptors (Lipinski definition) is 2. The van der Waals surface area contributed by atoms with Gasteiger partial charge < -0.3 is 11.1 Å². The van der Waals surface area contributed by atoms with Crippen LogP contribution in [0.2, 0.25) is 0 Å². The van der Waals surface area contributed by atoms with Crippen LogP contribution in [0.5, 0.6) is 0 Å². The number of fused-ring (bicyclic) bond motifs is 2. The van der Waals surface area contributed by atoms with Crippen molar-refractivity contribution >= 4 is 22.7 Å². The van der Waals surface area contributed by atoms with Gasteiger partial charge in [0.15, 0.2) is 5.71 Å². The minimum absolute atomic E-state index is 0.773. The number of nitrogens with zero attached hydrogens (tertiary/aromatic N) is 1. The highest BCUT2D eigenvalue weighted by Gasteiger charge is 2.27. The average molecular weight is 371 g/mol. The van der Waals surface area contributed by atoms with E-state index in [9.17, 15) is 0 Å². The van der Waals surface area contributed by atoms with Crippen molar-refractivity contribution in [3.63, 3.8) is 0 Å². The van der Waals surface area contributed by atoms with Crippen molar-refractivity contribution < 1.29 is 4.58 Å². The van der Waals surface area contributed by atoms with Gasteiger partial charge >= 0.3 is 0 Å². The zero-order valence-electron chi connectivity index (χ0n) is 16.9. The summed E-state index contributed by atoms with van der Waals surface area (Å²) >= 11 is 0. The summed E-state index contributed by atoms with van der Waals surface area (Å²) in [5.74, 6) is 0. The predicted molar refractivity (Wildman–Crippen MR) is 120 cm³/mol. The van der Waals surface area contributed by atoms with Gasteiger partial charge in [0.05, 0.1) is 0 Å². The monoisotopic (exact) mass is 370 g/mol. The van der Waals surface area contributed by atoms with E-state index in [2.05, 4.69) is 72.3 Å². The Kier molecular flexibility index (Phi) is 4.91. The molecule has 0 unspecified atom stereocenters. The Balaban J connectivity index is 1.99. The molecule has 3 nitrogen and oxygen atoms in total. The maximum absolute atomic E-state index is 6.05. The van der Waals surface area contributed by atoms with Crippen molar-refractivity contribution in [3.8, 4) is 0 Å². The molecule has 0 atom stereocenters. The van der Waals surface area contributed by atoms with Gasteiger partial charge in [-0.15, -0.1) is 0 Å². The molecule has 2 aromatic carbocycles. The second-order valence-corrected chi connectivity index (χ2v) is 7.28. The highest BCUT2D eigenvalue weighted by molar-refractivity contribution is 6.06. The SMILES string of the molecule is CC[N+](CC)=C1C=CC2=C(c3ccc(N)cc3NC)c3ccccc3CC2=C1. The molecule has 2 aromatic rings. The Morgan fingerprint density at radius 3 is 2.54 bits per heavy atom. The first-order valence-electron chi connectivity index (χ1n) is 10.1. The third-order valence-corrected chi connectivity index (χ3v) is 5.74. The number of allylic oxidation sites excluding steroid dienone is 5. The van der Waals surface area contributed by atoms with Crippen molar-refractivity contribution in [2.24, 2.45) is 0 Å². The molecule has 0 fully saturated rings. The highest BCUT2D eigenvalue weighted by atomic mass is 15.0. The summed E-state index contributed by atoms with van der Waals surface area (Å²) in [5, 5.41) is 3.33. The fraction of sp³-hybridized carbons (Fsp3) is 0.240. The first-order chi connectivity index (χ1) is 13.7. The third-order valence-electron chi connectivity index (χ3n) is 5.74. The summed E-state index contributed by atoms with van der Waals surface area (Å²) in [6.45, 7) is 6.46. The summed E-state index contributed by atoms with van der Waals surface area (Å²) in [6, 6.07) is 14.9. The van der Waals surface area contributed by atoms with Gasteiger partial charge in [0.25, 0.3) is 0 Å². The summed E-state index contributed by atoms with van der Waals surface area (Å²) in [6.07, 6.45) is 7.89. The van der Waals surface area contributed by atoms with Crippen LogP contribution in [0.25, 0.3) is 5.57 Å². The van der Waals surface area contributed by atoms with E-state index in [1.165, 1.54) is 39.1 Å². The van der Waals surface area contributed by atoms with Crippen LogP contribution in [0.3, 0.4) is 0 Å². The molecule has 0 radical (unpaired) electrons. The maximum Gasteiger partial charge on any atom is 0.200 e. The molecule has 0 saturated carbocycles. The first-order valence-corrected chi connectivity index (χ1v) is 10.1. The molecule has 0 aliphatic heterocycles. The predicted octanol–water partition coefficient (Wildman–Crippen LogP) is 4.66. The lowest BCUT2D eigenvalue weighted by molar-refractivity contribution is -0.519. The molecule has 2 aliphatic carbocycles. The number of nitrogen functional groups attached to an aromatic ring is 1. The van der Waals surface area contributed by atoms with E-state index < -0.39 is 0 Å². The number of hydrogen-bond donors (Lipinski definition) is 2. The molecule has 2 aliphatic rings. The van der Waals surface area contributed by atoms with E-state index in [0.29, 0.717) is 0 Å². The van der Waals surface area contributed by atoms with Crippen LogP contribution in [-0.2, 0) is 6.42 Å². The molecule has 0 amide bonds. The van der Waals surface area contributed by atoms with E-state index in [0.717, 1.165) is 30.9 Å². The van der Waals surface area contributed by atoms with Crippen LogP contribution in [0.4, 0.5) is 11.4 Å². The van der Waals surface area contributed by atoms with E-state index in [1.54, 1.807) is 0 Å². The topological polar surface area (TPSA) is 41.1 Å². The highest BCUT2D eigenvalue weighted by Crippen LogP contribution is 2.42. The van der Waals surface area contributed by atoms with Crippen LogP contribution < -0.4 is 11.1 Å². The van der Waals surface area contributed by atoms with Crippen LogP contribution in [0.1, 0.15) is 30.5 Å². The summed E-state index contributed by atoms with van der Waals surface area (Å²) < 4.78 is 2.41. The molecule has 28 heavy (non-hydrogen) atoms. The van der Waals surface area contributed by atoms with Gasteiger partial charge in [0.2, 0.25) is 0 Å². The van der Waals surface area contributed by atoms with E-state index in [-0.39, 0.29) is 0 Å². The Bertz CT molecular complexity index is 1050. The molecule has 0 aromatic heterocycles. The lowest BCUT2D eigenvalue weighted by Gasteiger charge is -2.27. The zero-order chi connectivity index (χ0) is 19.7. The summed E-state index contributed by atoms with van der Waals surface area (Å²) in [5.41, 5.74) is 17.1. The van der Waals surface area contributed by atoms with Gasteiger partial charge in [-0.25, -0.2) is 4.58 Å². The second kappa shape index (κ2) is 7.51. The van der Waals surface area contributed by atoms with Gasteiger partial charge in [0.1, 0.15) is 13.1 Å². The Morgan fingerprint density at radius 1 is 1.00 bits per heavy atom. The molecule has 0 bridgehead atoms. The maximum atomic E-state index is 6.05. The molecular formula is C25H28N3+. The first kappa shape index (κ1) is 18.3. The number of nitrogens with two attached hydrogens (primary N) is 1. The van der Waals surface area contributed by atoms with Crippen molar-refractivity contribution in [2.75, 3.05) is 31.2 Å². The minimum atomic E-state index is 0.773. The Labute approximate surface area is 167 Å². The fourth-order valence-corrected chi connectivity index (χ4v) is 4.30. The molecule has 3 heteroatoms. The van der Waals surface area contributed by atoms with Gasteiger partial charge in [-0.1, -0.05) is 30.3 Å². The Hall–Kier alpha value is -3.07. The molecule has 142 valence electrons. The normalized spacial score (nSPS) is 15.1. The van der Waals surface area contributed by atoms with Gasteiger partial charge in [0, 0.05) is 36.1 Å². The lowest BCUT2D eigenvalue weighted by Crippen LogP contribution is -2.21. The van der Waals surface area contributed by atoms with Crippen molar-refractivity contribution in [2.45, 2.75) is 20.3 Å². The number of anilines is 2. The van der Waals surface area contributed by atoms with Crippen molar-refractivity contribution in [3.05, 3.63) is 88.5 Å². The van der Waals surface area contributed by atoms with Crippen molar-refractivity contribution in [1.29, 1.82) is 0 Å².